The van der Waals surface area contributed by atoms with Gasteiger partial charge in [-0.15, -0.1) is 0 Å². The molecule has 0 aromatic carbocycles. The summed E-state index contributed by atoms with van der Waals surface area (Å²) in [5, 5.41) is 0. The highest BCUT2D eigenvalue weighted by molar-refractivity contribution is 5.76. The third-order valence-electron chi connectivity index (χ3n) is 1.73. The summed E-state index contributed by atoms with van der Waals surface area (Å²) in [6.45, 7) is 11.9. The normalized spacial score (nSPS) is 12.9. The highest BCUT2D eigenvalue weighted by atomic mass is 16.1. The molecule has 1 atom stereocenters. The maximum atomic E-state index is 10.6. The first-order valence-electron chi connectivity index (χ1n) is 4.15. The fourth-order valence-corrected chi connectivity index (χ4v) is 0.427. The molecule has 0 spiro atoms. The molecule has 0 unspecified atom stereocenters. The number of hydrogen-bond acceptors (Lipinski definition) is 1. The van der Waals surface area contributed by atoms with Crippen LogP contribution in [0.3, 0.4) is 0 Å². The maximum Gasteiger partial charge on any atom is 0.220 e. The van der Waals surface area contributed by atoms with Crippen molar-refractivity contribution < 1.29 is 4.79 Å². The minimum atomic E-state index is -0.220. The lowest BCUT2D eigenvalue weighted by atomic mass is 9.82. The standard InChI is InChI=1S/C7H15NO.C2H6/c1-5(6(8)9)7(2,3)4;1-2/h5H,1-4H3,(H2,8,9);1-2H3/t5-;/m1./s1. The molecule has 0 saturated carbocycles. The van der Waals surface area contributed by atoms with Crippen LogP contribution in [0, 0.1) is 11.3 Å². The topological polar surface area (TPSA) is 43.1 Å². The van der Waals surface area contributed by atoms with Gasteiger partial charge in [0.05, 0.1) is 0 Å². The molecule has 2 heteroatoms. The molecule has 0 rings (SSSR count). The second-order valence-electron chi connectivity index (χ2n) is 3.49. The third kappa shape index (κ3) is 5.89. The van der Waals surface area contributed by atoms with Gasteiger partial charge in [0.25, 0.3) is 0 Å². The molecule has 0 saturated heterocycles. The predicted octanol–water partition coefficient (Wildman–Crippen LogP) is 2.18. The number of amides is 1. The number of hydrogen-bond donors (Lipinski definition) is 1. The van der Waals surface area contributed by atoms with Crippen molar-refractivity contribution in [2.45, 2.75) is 41.5 Å². The van der Waals surface area contributed by atoms with Gasteiger partial charge >= 0.3 is 0 Å². The van der Waals surface area contributed by atoms with Crippen molar-refractivity contribution in [3.8, 4) is 0 Å². The molecule has 1 amide bonds. The Morgan fingerprint density at radius 1 is 1.27 bits per heavy atom. The average Bonchev–Trinajstić information content (AvgIpc) is 1.89. The number of nitrogens with two attached hydrogens (primary N) is 1. The summed E-state index contributed by atoms with van der Waals surface area (Å²) in [6, 6.07) is 0. The minimum absolute atomic E-state index is 0.00579. The Labute approximate surface area is 70.2 Å². The summed E-state index contributed by atoms with van der Waals surface area (Å²) in [5.74, 6) is -0.264. The Bertz CT molecular complexity index is 113. The van der Waals surface area contributed by atoms with Crippen molar-refractivity contribution in [2.75, 3.05) is 0 Å². The van der Waals surface area contributed by atoms with Gasteiger partial charge in [-0.1, -0.05) is 41.5 Å². The van der Waals surface area contributed by atoms with Crippen LogP contribution in [-0.2, 0) is 4.79 Å². The smallest absolute Gasteiger partial charge is 0.220 e. The van der Waals surface area contributed by atoms with Gasteiger partial charge < -0.3 is 5.73 Å². The van der Waals surface area contributed by atoms with E-state index in [0.29, 0.717) is 0 Å². The second-order valence-corrected chi connectivity index (χ2v) is 3.49. The fraction of sp³-hybridized carbons (Fsp3) is 0.889. The number of carbonyl (C=O) groups is 1. The Kier molecular flexibility index (Phi) is 6.14. The third-order valence-corrected chi connectivity index (χ3v) is 1.73. The molecule has 0 aliphatic heterocycles. The van der Waals surface area contributed by atoms with Crippen LogP contribution in [0.5, 0.6) is 0 Å². The van der Waals surface area contributed by atoms with Crippen LogP contribution in [-0.4, -0.2) is 5.91 Å². The quantitative estimate of drug-likeness (QED) is 0.626. The molecule has 11 heavy (non-hydrogen) atoms. The zero-order chi connectivity index (χ0) is 9.65. The van der Waals surface area contributed by atoms with Crippen LogP contribution in [0.1, 0.15) is 41.5 Å². The highest BCUT2D eigenvalue weighted by Crippen LogP contribution is 2.24. The maximum absolute atomic E-state index is 10.6. The first-order chi connectivity index (χ1) is 4.85. The van der Waals surface area contributed by atoms with Crippen molar-refractivity contribution in [1.82, 2.24) is 0 Å². The molecule has 68 valence electrons. The van der Waals surface area contributed by atoms with Gasteiger partial charge in [0, 0.05) is 5.92 Å². The van der Waals surface area contributed by atoms with Gasteiger partial charge in [0.15, 0.2) is 0 Å². The summed E-state index contributed by atoms with van der Waals surface area (Å²) in [6.07, 6.45) is 0. The molecule has 0 radical (unpaired) electrons. The monoisotopic (exact) mass is 159 g/mol. The highest BCUT2D eigenvalue weighted by Gasteiger charge is 2.24. The number of primary amides is 1. The largest absolute Gasteiger partial charge is 0.369 e. The fourth-order valence-electron chi connectivity index (χ4n) is 0.427. The Morgan fingerprint density at radius 3 is 1.55 bits per heavy atom. The van der Waals surface area contributed by atoms with Gasteiger partial charge in [0.1, 0.15) is 0 Å². The molecular formula is C9H21NO. The Morgan fingerprint density at radius 2 is 1.55 bits per heavy atom. The van der Waals surface area contributed by atoms with Crippen molar-refractivity contribution in [1.29, 1.82) is 0 Å². The zero-order valence-electron chi connectivity index (χ0n) is 8.56. The lowest BCUT2D eigenvalue weighted by molar-refractivity contribution is -0.124. The molecule has 0 heterocycles. The first kappa shape index (κ1) is 13.1. The molecule has 0 aliphatic rings. The van der Waals surface area contributed by atoms with Crippen LogP contribution >= 0.6 is 0 Å². The SMILES string of the molecule is CC.C[C@H](C(N)=O)C(C)(C)C. The molecular weight excluding hydrogens is 138 g/mol. The van der Waals surface area contributed by atoms with E-state index in [1.165, 1.54) is 0 Å². The molecule has 0 aromatic heterocycles. The lowest BCUT2D eigenvalue weighted by Crippen LogP contribution is -2.31. The molecule has 2 nitrogen and oxygen atoms in total. The molecule has 0 fully saturated rings. The van der Waals surface area contributed by atoms with Gasteiger partial charge in [-0.3, -0.25) is 4.79 Å². The van der Waals surface area contributed by atoms with Crippen LogP contribution in [0.25, 0.3) is 0 Å². The van der Waals surface area contributed by atoms with Crippen molar-refractivity contribution >= 4 is 5.91 Å². The van der Waals surface area contributed by atoms with E-state index < -0.39 is 0 Å². The molecule has 0 aliphatic carbocycles. The summed E-state index contributed by atoms with van der Waals surface area (Å²) >= 11 is 0. The minimum Gasteiger partial charge on any atom is -0.369 e. The zero-order valence-corrected chi connectivity index (χ0v) is 8.56. The van der Waals surface area contributed by atoms with Crippen molar-refractivity contribution in [3.05, 3.63) is 0 Å². The van der Waals surface area contributed by atoms with Gasteiger partial charge in [-0.05, 0) is 5.41 Å². The molecule has 0 aromatic rings. The molecule has 0 bridgehead atoms. The lowest BCUT2D eigenvalue weighted by Gasteiger charge is -2.23. The predicted molar refractivity (Wildman–Crippen MR) is 49.2 cm³/mol. The first-order valence-corrected chi connectivity index (χ1v) is 4.15. The average molecular weight is 159 g/mol. The summed E-state index contributed by atoms with van der Waals surface area (Å²) < 4.78 is 0. The van der Waals surface area contributed by atoms with Crippen LogP contribution in [0.2, 0.25) is 0 Å². The van der Waals surface area contributed by atoms with E-state index in [1.54, 1.807) is 0 Å². The van der Waals surface area contributed by atoms with E-state index in [4.69, 9.17) is 5.73 Å². The van der Waals surface area contributed by atoms with Gasteiger partial charge in [-0.2, -0.15) is 0 Å². The summed E-state index contributed by atoms with van der Waals surface area (Å²) in [7, 11) is 0. The van der Waals surface area contributed by atoms with E-state index >= 15 is 0 Å². The Balaban J connectivity index is 0. The van der Waals surface area contributed by atoms with E-state index in [-0.39, 0.29) is 17.2 Å². The van der Waals surface area contributed by atoms with Crippen molar-refractivity contribution in [2.24, 2.45) is 17.1 Å². The second kappa shape index (κ2) is 5.16. The van der Waals surface area contributed by atoms with Crippen LogP contribution in [0.15, 0.2) is 0 Å². The van der Waals surface area contributed by atoms with Gasteiger partial charge in [-0.25, -0.2) is 0 Å². The van der Waals surface area contributed by atoms with E-state index in [9.17, 15) is 4.79 Å². The van der Waals surface area contributed by atoms with E-state index in [0.717, 1.165) is 0 Å². The van der Waals surface area contributed by atoms with Crippen molar-refractivity contribution in [3.63, 3.8) is 0 Å². The summed E-state index contributed by atoms with van der Waals surface area (Å²) in [4.78, 5) is 10.6. The number of rotatable bonds is 1. The van der Waals surface area contributed by atoms with Crippen LogP contribution in [0.4, 0.5) is 0 Å². The summed E-state index contributed by atoms with van der Waals surface area (Å²) in [5.41, 5.74) is 5.09. The van der Waals surface area contributed by atoms with E-state index in [2.05, 4.69) is 0 Å². The number of carbonyl (C=O) groups excluding carboxylic acids is 1. The Hall–Kier alpha value is -0.530. The van der Waals surface area contributed by atoms with Crippen LogP contribution < -0.4 is 5.73 Å². The molecule has 2 N–H and O–H groups in total. The van der Waals surface area contributed by atoms with E-state index in [1.807, 2.05) is 41.5 Å². The van der Waals surface area contributed by atoms with Gasteiger partial charge in [0.2, 0.25) is 5.91 Å².